The zero-order valence-corrected chi connectivity index (χ0v) is 22.6. The SMILES string of the molecule is COCC1O[C@@H]2C[C@@H]1OP(=O)([O-])OCC1O[C@H](C[C@@H]1OC)N1C(=O)NC(=O)[C@]3(C)[C@H]1[C@@H]1N2C(=O)NC(=O)[C@@]13C. The molecular weight excluding hydrogens is 543 g/mol. The van der Waals surface area contributed by atoms with Crippen LogP contribution in [0.15, 0.2) is 0 Å². The lowest BCUT2D eigenvalue weighted by Crippen LogP contribution is -2.92. The molecular formula is C22H30N4O12P-. The van der Waals surface area contributed by atoms with Crippen molar-refractivity contribution in [2.24, 2.45) is 10.8 Å². The van der Waals surface area contributed by atoms with Gasteiger partial charge in [-0.3, -0.25) is 34.6 Å². The molecule has 0 radical (unpaired) electrons. The van der Waals surface area contributed by atoms with Crippen LogP contribution in [0.4, 0.5) is 9.59 Å². The second kappa shape index (κ2) is 8.91. The number of hydrogen-bond donors (Lipinski definition) is 2. The predicted molar refractivity (Wildman–Crippen MR) is 122 cm³/mol. The third-order valence-electron chi connectivity index (χ3n) is 9.29. The normalized spacial score (nSPS) is 49.2. The number of ether oxygens (including phenoxy) is 4. The Kier molecular flexibility index (Phi) is 6.18. The Bertz CT molecular complexity index is 1170. The number of nitrogens with zero attached hydrogens (tertiary/aromatic N) is 2. The Morgan fingerprint density at radius 1 is 0.949 bits per heavy atom. The van der Waals surface area contributed by atoms with E-state index in [0.29, 0.717) is 0 Å². The van der Waals surface area contributed by atoms with Gasteiger partial charge in [-0.05, 0) is 13.8 Å². The molecule has 39 heavy (non-hydrogen) atoms. The number of fused-ring (bicyclic) bond motifs is 7. The first-order chi connectivity index (χ1) is 18.4. The zero-order chi connectivity index (χ0) is 28.1. The summed E-state index contributed by atoms with van der Waals surface area (Å²) >= 11 is 0. The van der Waals surface area contributed by atoms with Crippen molar-refractivity contribution in [2.75, 3.05) is 27.4 Å². The summed E-state index contributed by atoms with van der Waals surface area (Å²) in [6.07, 6.45) is -5.63. The van der Waals surface area contributed by atoms with E-state index in [9.17, 15) is 28.6 Å². The van der Waals surface area contributed by atoms with Gasteiger partial charge in [0, 0.05) is 27.1 Å². The van der Waals surface area contributed by atoms with Crippen molar-refractivity contribution in [3.63, 3.8) is 0 Å². The lowest BCUT2D eigenvalue weighted by Gasteiger charge is -2.72. The molecule has 5 saturated heterocycles. The summed E-state index contributed by atoms with van der Waals surface area (Å²) in [6.45, 7) is 2.62. The van der Waals surface area contributed by atoms with Crippen molar-refractivity contribution in [3.05, 3.63) is 0 Å². The van der Waals surface area contributed by atoms with Crippen LogP contribution in [-0.4, -0.2) is 110 Å². The van der Waals surface area contributed by atoms with Crippen LogP contribution >= 0.6 is 7.82 Å². The monoisotopic (exact) mass is 573 g/mol. The van der Waals surface area contributed by atoms with Crippen molar-refractivity contribution in [2.45, 2.75) is 75.6 Å². The molecule has 3 unspecified atom stereocenters. The first-order valence-corrected chi connectivity index (χ1v) is 14.1. The van der Waals surface area contributed by atoms with Crippen molar-refractivity contribution < 1.29 is 56.6 Å². The van der Waals surface area contributed by atoms with E-state index in [1.807, 2.05) is 0 Å². The van der Waals surface area contributed by atoms with Crippen LogP contribution in [0.3, 0.4) is 0 Å². The van der Waals surface area contributed by atoms with Gasteiger partial charge in [0.25, 0.3) is 7.82 Å². The van der Waals surface area contributed by atoms with Crippen molar-refractivity contribution in [3.8, 4) is 0 Å². The molecule has 2 N–H and O–H groups in total. The van der Waals surface area contributed by atoms with Gasteiger partial charge in [0.1, 0.15) is 24.7 Å². The molecule has 11 atom stereocenters. The fraction of sp³-hybridized carbons (Fsp3) is 0.818. The molecule has 216 valence electrons. The topological polar surface area (TPSA) is 194 Å². The summed E-state index contributed by atoms with van der Waals surface area (Å²) in [5.41, 5.74) is -2.92. The standard InChI is InChI=1S/C22H31N4O12P/c1-21-15-16-22(21,2)18(28)24-20(30)26(16)14-6-10(11(36-14)7-33-3)38-39(31,32)35-8-12-9(34-4)5-13(37-12)25(15)19(29)23-17(21)27/h9-16H,5-8H2,1-4H3,(H,31,32)(H,23,27,29)(H,24,28,30)/p-1/t9-,10-,11?,12?,13+,14+,15+,16-,21-,22+/m0/s1. The van der Waals surface area contributed by atoms with Gasteiger partial charge in [0.05, 0.1) is 48.3 Å². The van der Waals surface area contributed by atoms with E-state index in [1.54, 1.807) is 13.8 Å². The van der Waals surface area contributed by atoms with Crippen LogP contribution in [0.5, 0.6) is 0 Å². The molecule has 17 heteroatoms. The minimum absolute atomic E-state index is 0.0643. The smallest absolute Gasteiger partial charge is 0.326 e. The number of phosphoric acid groups is 1. The van der Waals surface area contributed by atoms with E-state index in [0.717, 1.165) is 0 Å². The van der Waals surface area contributed by atoms with E-state index in [1.165, 1.54) is 24.0 Å². The zero-order valence-electron chi connectivity index (χ0n) is 21.7. The second-order valence-corrected chi connectivity index (χ2v) is 12.3. The van der Waals surface area contributed by atoms with Crippen LogP contribution in [0.1, 0.15) is 26.7 Å². The molecule has 6 rings (SSSR count). The largest absolute Gasteiger partial charge is 0.756 e. The van der Waals surface area contributed by atoms with Gasteiger partial charge in [-0.25, -0.2) is 9.59 Å². The molecule has 6 fully saturated rings. The number of carbonyl (C=O) groups is 4. The van der Waals surface area contributed by atoms with Crippen molar-refractivity contribution in [1.82, 2.24) is 20.4 Å². The molecule has 0 aromatic rings. The summed E-state index contributed by atoms with van der Waals surface area (Å²) in [5.74, 6) is -1.33. The first-order valence-electron chi connectivity index (χ1n) is 12.6. The second-order valence-electron chi connectivity index (χ2n) is 11.0. The number of phosphoric ester groups is 1. The van der Waals surface area contributed by atoms with Gasteiger partial charge < -0.3 is 32.9 Å². The maximum absolute atomic E-state index is 13.4. The molecule has 1 aliphatic carbocycles. The lowest BCUT2D eigenvalue weighted by molar-refractivity contribution is -0.244. The number of urea groups is 2. The van der Waals surface area contributed by atoms with Gasteiger partial charge >= 0.3 is 12.1 Å². The Labute approximate surface area is 223 Å². The van der Waals surface area contributed by atoms with Crippen molar-refractivity contribution in [1.29, 1.82) is 0 Å². The molecule has 1 saturated carbocycles. The summed E-state index contributed by atoms with van der Waals surface area (Å²) < 4.78 is 46.1. The quantitative estimate of drug-likeness (QED) is 0.377. The predicted octanol–water partition coefficient (Wildman–Crippen LogP) is -1.37. The van der Waals surface area contributed by atoms with Gasteiger partial charge in [0.15, 0.2) is 0 Å². The van der Waals surface area contributed by atoms with Gasteiger partial charge in [-0.15, -0.1) is 0 Å². The third-order valence-corrected chi connectivity index (χ3v) is 10.3. The number of hydrogen-bond acceptors (Lipinski definition) is 12. The molecule has 0 spiro atoms. The molecule has 4 bridgehead atoms. The van der Waals surface area contributed by atoms with E-state index in [-0.39, 0.29) is 19.4 Å². The average Bonchev–Trinajstić information content (AvgIpc) is 3.45. The lowest BCUT2D eigenvalue weighted by atomic mass is 9.42. The maximum Gasteiger partial charge on any atom is 0.326 e. The Morgan fingerprint density at radius 3 is 2.05 bits per heavy atom. The first kappa shape index (κ1) is 27.0. The fourth-order valence-electron chi connectivity index (χ4n) is 7.13. The highest BCUT2D eigenvalue weighted by Gasteiger charge is 2.82. The fourth-order valence-corrected chi connectivity index (χ4v) is 8.08. The highest BCUT2D eigenvalue weighted by Crippen LogP contribution is 2.64. The van der Waals surface area contributed by atoms with Crippen molar-refractivity contribution >= 4 is 31.7 Å². The van der Waals surface area contributed by atoms with E-state index < -0.39 is 98.1 Å². The molecule has 5 heterocycles. The van der Waals surface area contributed by atoms with E-state index >= 15 is 0 Å². The summed E-state index contributed by atoms with van der Waals surface area (Å²) in [4.78, 5) is 68.8. The summed E-state index contributed by atoms with van der Waals surface area (Å²) in [5, 5.41) is 4.65. The molecule has 0 aromatic heterocycles. The highest BCUT2D eigenvalue weighted by molar-refractivity contribution is 7.45. The van der Waals surface area contributed by atoms with E-state index in [4.69, 9.17) is 28.0 Å². The Hall–Kier alpha value is -2.17. The summed E-state index contributed by atoms with van der Waals surface area (Å²) in [6, 6.07) is -3.55. The Morgan fingerprint density at radius 2 is 1.51 bits per heavy atom. The number of nitrogens with one attached hydrogen (secondary N) is 2. The number of imide groups is 2. The number of carbonyl (C=O) groups excluding carboxylic acids is 4. The molecule has 6 amide bonds. The van der Waals surface area contributed by atoms with Gasteiger partial charge in [-0.1, -0.05) is 0 Å². The van der Waals surface area contributed by atoms with Crippen LogP contribution in [-0.2, 0) is 42.1 Å². The number of rotatable bonds is 3. The molecule has 0 aromatic carbocycles. The number of methoxy groups -OCH3 is 2. The number of amides is 6. The molecule has 6 aliphatic rings. The minimum Gasteiger partial charge on any atom is -0.756 e. The molecule has 5 aliphatic heterocycles. The van der Waals surface area contributed by atoms with Crippen LogP contribution in [0, 0.1) is 10.8 Å². The minimum atomic E-state index is -4.90. The molecule has 16 nitrogen and oxygen atoms in total. The maximum atomic E-state index is 13.4. The van der Waals surface area contributed by atoms with Crippen LogP contribution in [0.25, 0.3) is 0 Å². The van der Waals surface area contributed by atoms with Crippen LogP contribution < -0.4 is 15.5 Å². The summed E-state index contributed by atoms with van der Waals surface area (Å²) in [7, 11) is -2.10. The van der Waals surface area contributed by atoms with Crippen LogP contribution in [0.2, 0.25) is 0 Å². The Balaban J connectivity index is 1.49. The highest BCUT2D eigenvalue weighted by atomic mass is 31.2. The van der Waals surface area contributed by atoms with E-state index in [2.05, 4.69) is 10.6 Å². The average molecular weight is 573 g/mol. The van der Waals surface area contributed by atoms with Gasteiger partial charge in [0.2, 0.25) is 11.8 Å². The third kappa shape index (κ3) is 3.59. The van der Waals surface area contributed by atoms with Gasteiger partial charge in [-0.2, -0.15) is 0 Å².